The van der Waals surface area contributed by atoms with Crippen molar-refractivity contribution in [2.45, 2.75) is 24.5 Å². The summed E-state index contributed by atoms with van der Waals surface area (Å²) in [6.45, 7) is -0.427. The summed E-state index contributed by atoms with van der Waals surface area (Å²) in [5.74, 6) is -4.46. The Bertz CT molecular complexity index is 573. The number of halogens is 7. The van der Waals surface area contributed by atoms with Crippen molar-refractivity contribution in [1.29, 1.82) is 0 Å². The Kier molecular flexibility index (Phi) is 8.00. The highest BCUT2D eigenvalue weighted by Gasteiger charge is 2.48. The van der Waals surface area contributed by atoms with Gasteiger partial charge >= 0.3 is 12.5 Å². The molecule has 1 aromatic carbocycles. The topological polar surface area (TPSA) is 44.7 Å². The number of para-hydroxylation sites is 1. The molecule has 1 aliphatic heterocycles. The number of rotatable bonds is 7. The minimum Gasteiger partial charge on any atom is -0.428 e. The molecule has 1 aliphatic rings. The molecule has 0 radical (unpaired) electrons. The summed E-state index contributed by atoms with van der Waals surface area (Å²) in [6, 6.07) is 2.77. The second-order valence-corrected chi connectivity index (χ2v) is 5.61. The van der Waals surface area contributed by atoms with Crippen molar-refractivity contribution < 1.29 is 36.2 Å². The quantitative estimate of drug-likeness (QED) is 0.681. The molecule has 1 atom stereocenters. The SMILES string of the molecule is Cl.OCC(F)(F)[C@@H](c1ccccc1OC(F)(F)C(F)F)N1CCNCC1. The lowest BCUT2D eigenvalue weighted by molar-refractivity contribution is -0.254. The first-order chi connectivity index (χ1) is 11.7. The number of aliphatic hydroxyl groups is 1. The Morgan fingerprint density at radius 2 is 1.69 bits per heavy atom. The maximum atomic E-state index is 14.4. The Hall–Kier alpha value is -1.23. The number of aliphatic hydroxyl groups excluding tert-OH is 1. The maximum absolute atomic E-state index is 14.4. The van der Waals surface area contributed by atoms with Crippen LogP contribution in [0, 0.1) is 0 Å². The molecule has 1 heterocycles. The monoisotopic (exact) mass is 408 g/mol. The number of hydrogen-bond donors (Lipinski definition) is 2. The number of nitrogens with zero attached hydrogens (tertiary/aromatic N) is 1. The Balaban J connectivity index is 0.00000338. The summed E-state index contributed by atoms with van der Waals surface area (Å²) in [7, 11) is 0. The third kappa shape index (κ3) is 5.15. The number of nitrogens with one attached hydrogen (secondary N) is 1. The first-order valence-electron chi connectivity index (χ1n) is 7.56. The first-order valence-corrected chi connectivity index (χ1v) is 7.56. The van der Waals surface area contributed by atoms with Crippen molar-refractivity contribution in [2.75, 3.05) is 32.8 Å². The van der Waals surface area contributed by atoms with E-state index in [0.29, 0.717) is 13.1 Å². The number of benzene rings is 1. The van der Waals surface area contributed by atoms with Gasteiger partial charge in [0.25, 0.3) is 5.92 Å². The van der Waals surface area contributed by atoms with Gasteiger partial charge in [-0.2, -0.15) is 17.6 Å². The molecular formula is C15H19ClF6N2O2. The van der Waals surface area contributed by atoms with Gasteiger partial charge in [0.2, 0.25) is 0 Å². The lowest BCUT2D eigenvalue weighted by Crippen LogP contribution is -2.51. The third-order valence-corrected chi connectivity index (χ3v) is 3.84. The van der Waals surface area contributed by atoms with Gasteiger partial charge in [-0.05, 0) is 6.07 Å². The number of ether oxygens (including phenoxy) is 1. The molecule has 11 heteroatoms. The average Bonchev–Trinajstić information content (AvgIpc) is 2.57. The summed E-state index contributed by atoms with van der Waals surface area (Å²) in [6.07, 6.45) is -8.94. The second kappa shape index (κ2) is 9.12. The van der Waals surface area contributed by atoms with Gasteiger partial charge < -0.3 is 15.2 Å². The van der Waals surface area contributed by atoms with Gasteiger partial charge in [-0.3, -0.25) is 4.90 Å². The van der Waals surface area contributed by atoms with Crippen molar-refractivity contribution in [3.05, 3.63) is 29.8 Å². The number of piperazine rings is 1. The third-order valence-electron chi connectivity index (χ3n) is 3.84. The van der Waals surface area contributed by atoms with Crippen LogP contribution in [0.1, 0.15) is 11.6 Å². The lowest BCUT2D eigenvalue weighted by Gasteiger charge is -2.39. The van der Waals surface area contributed by atoms with Gasteiger partial charge in [-0.1, -0.05) is 18.2 Å². The lowest BCUT2D eigenvalue weighted by atomic mass is 9.97. The predicted molar refractivity (Wildman–Crippen MR) is 84.5 cm³/mol. The highest BCUT2D eigenvalue weighted by atomic mass is 35.5. The summed E-state index contributed by atoms with van der Waals surface area (Å²) in [5, 5.41) is 12.0. The molecule has 150 valence electrons. The average molecular weight is 409 g/mol. The van der Waals surface area contributed by atoms with Crippen LogP contribution in [0.5, 0.6) is 5.75 Å². The van der Waals surface area contributed by atoms with E-state index in [1.165, 1.54) is 17.0 Å². The molecule has 1 fully saturated rings. The zero-order valence-corrected chi connectivity index (χ0v) is 14.3. The Labute approximate surface area is 152 Å². The van der Waals surface area contributed by atoms with Gasteiger partial charge in [0.1, 0.15) is 18.4 Å². The summed E-state index contributed by atoms with van der Waals surface area (Å²) < 4.78 is 84.1. The summed E-state index contributed by atoms with van der Waals surface area (Å²) >= 11 is 0. The highest BCUT2D eigenvalue weighted by Crippen LogP contribution is 2.42. The molecule has 26 heavy (non-hydrogen) atoms. The fourth-order valence-electron chi connectivity index (χ4n) is 2.71. The van der Waals surface area contributed by atoms with Crippen LogP contribution in [-0.4, -0.2) is 61.2 Å². The van der Waals surface area contributed by atoms with Crippen LogP contribution in [-0.2, 0) is 0 Å². The van der Waals surface area contributed by atoms with Gasteiger partial charge in [-0.15, -0.1) is 12.4 Å². The molecule has 1 aromatic rings. The van der Waals surface area contributed by atoms with Crippen molar-refractivity contribution in [1.82, 2.24) is 10.2 Å². The molecule has 4 nitrogen and oxygen atoms in total. The maximum Gasteiger partial charge on any atom is 0.461 e. The van der Waals surface area contributed by atoms with Gasteiger partial charge in [0.15, 0.2) is 0 Å². The first kappa shape index (κ1) is 22.8. The van der Waals surface area contributed by atoms with Crippen LogP contribution < -0.4 is 10.1 Å². The standard InChI is InChI=1S/C15H18F6N2O2.ClH/c16-13(17)15(20,21)25-11-4-2-1-3-10(11)12(14(18,19)9-24)23-7-5-22-6-8-23;/h1-4,12-13,22,24H,5-9H2;1H/t12-;/m1./s1. The van der Waals surface area contributed by atoms with Crippen molar-refractivity contribution in [2.24, 2.45) is 0 Å². The number of alkyl halides is 6. The largest absolute Gasteiger partial charge is 0.461 e. The second-order valence-electron chi connectivity index (χ2n) is 5.61. The Morgan fingerprint density at radius 1 is 1.12 bits per heavy atom. The van der Waals surface area contributed by atoms with Crippen LogP contribution >= 0.6 is 12.4 Å². The molecule has 0 amide bonds. The van der Waals surface area contributed by atoms with Crippen molar-refractivity contribution in [3.63, 3.8) is 0 Å². The normalized spacial score (nSPS) is 17.7. The molecule has 0 unspecified atom stereocenters. The van der Waals surface area contributed by atoms with E-state index in [1.54, 1.807) is 0 Å². The van der Waals surface area contributed by atoms with E-state index in [4.69, 9.17) is 5.11 Å². The van der Waals surface area contributed by atoms with Crippen LogP contribution in [0.3, 0.4) is 0 Å². The fourth-order valence-corrected chi connectivity index (χ4v) is 2.71. The molecule has 0 aromatic heterocycles. The zero-order valence-electron chi connectivity index (χ0n) is 13.5. The van der Waals surface area contributed by atoms with Gasteiger partial charge in [-0.25, -0.2) is 8.78 Å². The molecule has 0 bridgehead atoms. The minimum absolute atomic E-state index is 0. The van der Waals surface area contributed by atoms with Crippen LogP contribution in [0.25, 0.3) is 0 Å². The highest BCUT2D eigenvalue weighted by molar-refractivity contribution is 5.85. The van der Waals surface area contributed by atoms with Gasteiger partial charge in [0.05, 0.1) is 0 Å². The number of hydrogen-bond acceptors (Lipinski definition) is 4. The molecule has 2 rings (SSSR count). The summed E-state index contributed by atoms with van der Waals surface area (Å²) in [4.78, 5) is 1.30. The molecule has 0 spiro atoms. The van der Waals surface area contributed by atoms with E-state index in [1.807, 2.05) is 0 Å². The smallest absolute Gasteiger partial charge is 0.428 e. The molecule has 1 saturated heterocycles. The molecule has 2 N–H and O–H groups in total. The van der Waals surface area contributed by atoms with Crippen LogP contribution in [0.2, 0.25) is 0 Å². The Morgan fingerprint density at radius 3 is 2.23 bits per heavy atom. The van der Waals surface area contributed by atoms with E-state index >= 15 is 0 Å². The molecule has 0 aliphatic carbocycles. The fraction of sp³-hybridized carbons (Fsp3) is 0.600. The van der Waals surface area contributed by atoms with Gasteiger partial charge in [0, 0.05) is 31.7 Å². The minimum atomic E-state index is -4.82. The molecular weight excluding hydrogens is 390 g/mol. The predicted octanol–water partition coefficient (Wildman–Crippen LogP) is 2.92. The van der Waals surface area contributed by atoms with Crippen molar-refractivity contribution >= 4 is 12.4 Å². The van der Waals surface area contributed by atoms with E-state index in [0.717, 1.165) is 12.1 Å². The zero-order chi connectivity index (χ0) is 18.7. The van der Waals surface area contributed by atoms with E-state index in [9.17, 15) is 26.3 Å². The van der Waals surface area contributed by atoms with Crippen LogP contribution in [0.15, 0.2) is 24.3 Å². The molecule has 0 saturated carbocycles. The van der Waals surface area contributed by atoms with Crippen molar-refractivity contribution in [3.8, 4) is 5.75 Å². The van der Waals surface area contributed by atoms with Crippen LogP contribution in [0.4, 0.5) is 26.3 Å². The van der Waals surface area contributed by atoms with E-state index in [-0.39, 0.29) is 31.1 Å². The van der Waals surface area contributed by atoms with E-state index in [2.05, 4.69) is 10.1 Å². The summed E-state index contributed by atoms with van der Waals surface area (Å²) in [5.41, 5.74) is -0.385. The van der Waals surface area contributed by atoms with E-state index < -0.39 is 36.9 Å².